The third kappa shape index (κ3) is 5.52. The molecule has 7 heteroatoms. The second kappa shape index (κ2) is 9.65. The van der Waals surface area contributed by atoms with Crippen molar-refractivity contribution in [2.75, 3.05) is 32.8 Å². The second-order valence-corrected chi connectivity index (χ2v) is 8.10. The molecule has 2 aliphatic rings. The lowest BCUT2D eigenvalue weighted by Crippen LogP contribution is -2.45. The monoisotopic (exact) mass is 412 g/mol. The highest BCUT2D eigenvalue weighted by molar-refractivity contribution is 6.34. The van der Waals surface area contributed by atoms with Crippen LogP contribution in [0.5, 0.6) is 5.75 Å². The molecule has 0 aliphatic carbocycles. The highest BCUT2D eigenvalue weighted by atomic mass is 35.5. The normalized spacial score (nSPS) is 18.9. The SMILES string of the molecule is O=C(COc1cc(Cl)ccc1Cl)N1CCC(C(=O)N2CCCCCC2)CC1. The molecular formula is C20H26Cl2N2O3. The minimum atomic E-state index is -0.0910. The number of piperidine rings is 1. The van der Waals surface area contributed by atoms with Gasteiger partial charge in [0.1, 0.15) is 5.75 Å². The van der Waals surface area contributed by atoms with Gasteiger partial charge >= 0.3 is 0 Å². The summed E-state index contributed by atoms with van der Waals surface area (Å²) in [6.45, 7) is 2.87. The molecule has 2 fully saturated rings. The van der Waals surface area contributed by atoms with Gasteiger partial charge in [-0.2, -0.15) is 0 Å². The van der Waals surface area contributed by atoms with Gasteiger partial charge in [0.05, 0.1) is 5.02 Å². The van der Waals surface area contributed by atoms with Gasteiger partial charge in [-0.1, -0.05) is 36.0 Å². The van der Waals surface area contributed by atoms with Crippen LogP contribution in [0.4, 0.5) is 0 Å². The van der Waals surface area contributed by atoms with E-state index < -0.39 is 0 Å². The Bertz CT molecular complexity index is 667. The van der Waals surface area contributed by atoms with Gasteiger partial charge in [-0.25, -0.2) is 0 Å². The predicted molar refractivity (Wildman–Crippen MR) is 106 cm³/mol. The molecule has 2 saturated heterocycles. The summed E-state index contributed by atoms with van der Waals surface area (Å²) in [7, 11) is 0. The number of carbonyl (C=O) groups is 2. The van der Waals surface area contributed by atoms with Crippen LogP contribution in [0.25, 0.3) is 0 Å². The average molecular weight is 413 g/mol. The van der Waals surface area contributed by atoms with Crippen molar-refractivity contribution in [3.8, 4) is 5.75 Å². The minimum Gasteiger partial charge on any atom is -0.482 e. The standard InChI is InChI=1S/C20H26Cl2N2O3/c21-16-5-6-17(22)18(13-16)27-14-19(25)23-11-7-15(8-12-23)20(26)24-9-3-1-2-4-10-24/h5-6,13,15H,1-4,7-12,14H2. The molecule has 2 heterocycles. The number of nitrogens with zero attached hydrogens (tertiary/aromatic N) is 2. The van der Waals surface area contributed by atoms with E-state index in [1.54, 1.807) is 23.1 Å². The number of halogens is 2. The fourth-order valence-electron chi connectivity index (χ4n) is 3.74. The Morgan fingerprint density at radius 3 is 2.30 bits per heavy atom. The molecule has 0 N–H and O–H groups in total. The van der Waals surface area contributed by atoms with E-state index in [1.165, 1.54) is 12.8 Å². The first-order valence-electron chi connectivity index (χ1n) is 9.69. The van der Waals surface area contributed by atoms with Crippen LogP contribution in [0.2, 0.25) is 10.0 Å². The van der Waals surface area contributed by atoms with Crippen molar-refractivity contribution in [3.05, 3.63) is 28.2 Å². The summed E-state index contributed by atoms with van der Waals surface area (Å²) < 4.78 is 5.53. The van der Waals surface area contributed by atoms with Crippen LogP contribution in [0.3, 0.4) is 0 Å². The lowest BCUT2D eigenvalue weighted by molar-refractivity contribution is -0.141. The fraction of sp³-hybridized carbons (Fsp3) is 0.600. The maximum absolute atomic E-state index is 12.7. The molecule has 1 aromatic carbocycles. The van der Waals surface area contributed by atoms with Crippen molar-refractivity contribution >= 4 is 35.0 Å². The fourth-order valence-corrected chi connectivity index (χ4v) is 4.08. The molecule has 0 unspecified atom stereocenters. The molecule has 2 amide bonds. The largest absolute Gasteiger partial charge is 0.482 e. The summed E-state index contributed by atoms with van der Waals surface area (Å²) in [6, 6.07) is 4.91. The Labute approximate surface area is 170 Å². The van der Waals surface area contributed by atoms with Gasteiger partial charge in [-0.3, -0.25) is 9.59 Å². The number of amides is 2. The third-order valence-corrected chi connectivity index (χ3v) is 5.91. The van der Waals surface area contributed by atoms with Gasteiger partial charge in [-0.05, 0) is 37.8 Å². The molecule has 0 saturated carbocycles. The number of carbonyl (C=O) groups excluding carboxylic acids is 2. The molecule has 2 aliphatic heterocycles. The molecule has 5 nitrogen and oxygen atoms in total. The Morgan fingerprint density at radius 1 is 0.963 bits per heavy atom. The maximum Gasteiger partial charge on any atom is 0.260 e. The molecule has 0 radical (unpaired) electrons. The zero-order valence-corrected chi connectivity index (χ0v) is 17.0. The first-order chi connectivity index (χ1) is 13.0. The van der Waals surface area contributed by atoms with E-state index in [2.05, 4.69) is 0 Å². The molecule has 0 aromatic heterocycles. The highest BCUT2D eigenvalue weighted by Crippen LogP contribution is 2.28. The molecule has 1 aromatic rings. The van der Waals surface area contributed by atoms with Crippen molar-refractivity contribution in [2.45, 2.75) is 38.5 Å². The molecule has 0 bridgehead atoms. The number of hydrogen-bond donors (Lipinski definition) is 0. The Morgan fingerprint density at radius 2 is 1.63 bits per heavy atom. The summed E-state index contributed by atoms with van der Waals surface area (Å²) in [5.41, 5.74) is 0. The van der Waals surface area contributed by atoms with Crippen LogP contribution in [-0.2, 0) is 9.59 Å². The van der Waals surface area contributed by atoms with E-state index in [-0.39, 0.29) is 24.3 Å². The number of hydrogen-bond acceptors (Lipinski definition) is 3. The van der Waals surface area contributed by atoms with Crippen molar-refractivity contribution in [1.29, 1.82) is 0 Å². The number of rotatable bonds is 4. The van der Waals surface area contributed by atoms with Crippen LogP contribution in [0, 0.1) is 5.92 Å². The number of ether oxygens (including phenoxy) is 1. The number of likely N-dealkylation sites (tertiary alicyclic amines) is 2. The molecule has 148 valence electrons. The quantitative estimate of drug-likeness (QED) is 0.750. The average Bonchev–Trinajstić information content (AvgIpc) is 2.97. The predicted octanol–water partition coefficient (Wildman–Crippen LogP) is 4.01. The van der Waals surface area contributed by atoms with E-state index in [4.69, 9.17) is 27.9 Å². The van der Waals surface area contributed by atoms with E-state index in [0.29, 0.717) is 28.9 Å². The second-order valence-electron chi connectivity index (χ2n) is 7.26. The van der Waals surface area contributed by atoms with Crippen LogP contribution < -0.4 is 4.74 Å². The van der Waals surface area contributed by atoms with Gasteiger partial charge in [0.15, 0.2) is 6.61 Å². The molecular weight excluding hydrogens is 387 g/mol. The topological polar surface area (TPSA) is 49.9 Å². The van der Waals surface area contributed by atoms with E-state index in [0.717, 1.165) is 38.8 Å². The zero-order valence-electron chi connectivity index (χ0n) is 15.5. The maximum atomic E-state index is 12.7. The summed E-state index contributed by atoms with van der Waals surface area (Å²) in [6.07, 6.45) is 6.08. The van der Waals surface area contributed by atoms with Gasteiger partial charge in [-0.15, -0.1) is 0 Å². The molecule has 3 rings (SSSR count). The molecule has 0 spiro atoms. The Hall–Kier alpha value is -1.46. The van der Waals surface area contributed by atoms with Crippen LogP contribution in [0.15, 0.2) is 18.2 Å². The van der Waals surface area contributed by atoms with Crippen LogP contribution >= 0.6 is 23.2 Å². The highest BCUT2D eigenvalue weighted by Gasteiger charge is 2.30. The zero-order chi connectivity index (χ0) is 19.2. The smallest absolute Gasteiger partial charge is 0.260 e. The Balaban J connectivity index is 1.46. The number of benzene rings is 1. The van der Waals surface area contributed by atoms with E-state index in [9.17, 15) is 9.59 Å². The van der Waals surface area contributed by atoms with Gasteiger partial charge in [0.25, 0.3) is 5.91 Å². The molecule has 0 atom stereocenters. The summed E-state index contributed by atoms with van der Waals surface area (Å²) in [5, 5.41) is 0.934. The summed E-state index contributed by atoms with van der Waals surface area (Å²) in [4.78, 5) is 28.9. The first-order valence-corrected chi connectivity index (χ1v) is 10.4. The minimum absolute atomic E-state index is 0.0374. The summed E-state index contributed by atoms with van der Waals surface area (Å²) in [5.74, 6) is 0.622. The van der Waals surface area contributed by atoms with Gasteiger partial charge in [0.2, 0.25) is 5.91 Å². The third-order valence-electron chi connectivity index (χ3n) is 5.36. The van der Waals surface area contributed by atoms with Crippen LogP contribution in [0.1, 0.15) is 38.5 Å². The van der Waals surface area contributed by atoms with Gasteiger partial charge < -0.3 is 14.5 Å². The van der Waals surface area contributed by atoms with Crippen molar-refractivity contribution in [2.24, 2.45) is 5.92 Å². The van der Waals surface area contributed by atoms with Crippen molar-refractivity contribution < 1.29 is 14.3 Å². The van der Waals surface area contributed by atoms with Gasteiger partial charge in [0, 0.05) is 43.2 Å². The lowest BCUT2D eigenvalue weighted by atomic mass is 9.95. The van der Waals surface area contributed by atoms with Crippen molar-refractivity contribution in [3.63, 3.8) is 0 Å². The molecule has 27 heavy (non-hydrogen) atoms. The van der Waals surface area contributed by atoms with Crippen molar-refractivity contribution in [1.82, 2.24) is 9.80 Å². The van der Waals surface area contributed by atoms with Crippen LogP contribution in [-0.4, -0.2) is 54.4 Å². The Kier molecular flexibility index (Phi) is 7.25. The van der Waals surface area contributed by atoms with E-state index in [1.807, 2.05) is 4.90 Å². The summed E-state index contributed by atoms with van der Waals surface area (Å²) >= 11 is 12.0. The first kappa shape index (κ1) is 20.3. The lowest BCUT2D eigenvalue weighted by Gasteiger charge is -2.34. The van der Waals surface area contributed by atoms with E-state index >= 15 is 0 Å².